The highest BCUT2D eigenvalue weighted by Gasteiger charge is 2.16. The van der Waals surface area contributed by atoms with E-state index in [1.165, 1.54) is 0 Å². The summed E-state index contributed by atoms with van der Waals surface area (Å²) in [6.45, 7) is 9.84. The number of aliphatic hydroxyl groups is 1. The molecule has 1 aromatic rings. The van der Waals surface area contributed by atoms with E-state index in [0.717, 1.165) is 17.1 Å². The Kier molecular flexibility index (Phi) is 7.85. The van der Waals surface area contributed by atoms with Gasteiger partial charge in [-0.2, -0.15) is 0 Å². The number of benzene rings is 1. The van der Waals surface area contributed by atoms with Crippen molar-refractivity contribution in [1.29, 1.82) is 0 Å². The number of ether oxygens (including phenoxy) is 1. The minimum absolute atomic E-state index is 0.317. The fraction of sp³-hybridized carbons (Fsp3) is 0.500. The Morgan fingerprint density at radius 3 is 2.70 bits per heavy atom. The van der Waals surface area contributed by atoms with Crippen LogP contribution < -0.4 is 0 Å². The van der Waals surface area contributed by atoms with Gasteiger partial charge in [-0.05, 0) is 25.5 Å². The van der Waals surface area contributed by atoms with Gasteiger partial charge in [-0.3, -0.25) is 4.90 Å². The van der Waals surface area contributed by atoms with Gasteiger partial charge in [0.15, 0.2) is 0 Å². The van der Waals surface area contributed by atoms with Gasteiger partial charge in [0.2, 0.25) is 0 Å². The van der Waals surface area contributed by atoms with E-state index in [1.807, 2.05) is 24.3 Å². The Hall–Kier alpha value is -0.870. The topological polar surface area (TPSA) is 32.7 Å². The monoisotopic (exact) mass is 297 g/mol. The van der Waals surface area contributed by atoms with Crippen molar-refractivity contribution in [3.63, 3.8) is 0 Å². The second-order valence-corrected chi connectivity index (χ2v) is 5.50. The molecule has 1 unspecified atom stereocenters. The Morgan fingerprint density at radius 2 is 2.10 bits per heavy atom. The zero-order valence-electron chi connectivity index (χ0n) is 12.3. The first-order valence-corrected chi connectivity index (χ1v) is 7.26. The molecule has 1 atom stereocenters. The van der Waals surface area contributed by atoms with Gasteiger partial charge in [-0.15, -0.1) is 6.58 Å². The van der Waals surface area contributed by atoms with E-state index in [-0.39, 0.29) is 0 Å². The summed E-state index contributed by atoms with van der Waals surface area (Å²) in [4.78, 5) is 2.18. The molecule has 0 saturated carbocycles. The van der Waals surface area contributed by atoms with Gasteiger partial charge in [0.1, 0.15) is 0 Å². The number of aliphatic hydroxyl groups excluding tert-OH is 1. The second-order valence-electron chi connectivity index (χ2n) is 5.09. The molecule has 20 heavy (non-hydrogen) atoms. The van der Waals surface area contributed by atoms with Crippen molar-refractivity contribution in [2.24, 2.45) is 0 Å². The molecule has 1 rings (SSSR count). The third kappa shape index (κ3) is 6.06. The molecule has 0 aliphatic carbocycles. The maximum Gasteiger partial charge on any atom is 0.0900 e. The molecule has 0 amide bonds. The van der Waals surface area contributed by atoms with Crippen LogP contribution in [-0.2, 0) is 11.3 Å². The zero-order valence-corrected chi connectivity index (χ0v) is 13.0. The Bertz CT molecular complexity index is 409. The number of halogens is 1. The molecular formula is C16H24ClNO2. The fourth-order valence-corrected chi connectivity index (χ4v) is 2.11. The normalized spacial score (nSPS) is 12.9. The van der Waals surface area contributed by atoms with Gasteiger partial charge in [0, 0.05) is 24.2 Å². The number of nitrogens with zero attached hydrogens (tertiary/aromatic N) is 1. The van der Waals surface area contributed by atoms with E-state index < -0.39 is 6.10 Å². The van der Waals surface area contributed by atoms with Crippen LogP contribution in [0.25, 0.3) is 0 Å². The zero-order chi connectivity index (χ0) is 15.0. The molecule has 112 valence electrons. The van der Waals surface area contributed by atoms with E-state index in [9.17, 15) is 5.11 Å². The highest BCUT2D eigenvalue weighted by Crippen LogP contribution is 2.18. The lowest BCUT2D eigenvalue weighted by atomic mass is 10.1. The SMILES string of the molecule is C=CCOCC(O)CN(Cc1ccccc1Cl)C(C)C. The van der Waals surface area contributed by atoms with E-state index >= 15 is 0 Å². The van der Waals surface area contributed by atoms with Gasteiger partial charge in [-0.1, -0.05) is 35.9 Å². The smallest absolute Gasteiger partial charge is 0.0900 e. The first kappa shape index (κ1) is 17.2. The molecule has 4 heteroatoms. The highest BCUT2D eigenvalue weighted by atomic mass is 35.5. The highest BCUT2D eigenvalue weighted by molar-refractivity contribution is 6.31. The standard InChI is InChI=1S/C16H24ClNO2/c1-4-9-20-12-15(19)11-18(13(2)3)10-14-7-5-6-8-16(14)17/h4-8,13,15,19H,1,9-12H2,2-3H3. The molecule has 1 N–H and O–H groups in total. The van der Waals surface area contributed by atoms with Gasteiger partial charge >= 0.3 is 0 Å². The number of hydrogen-bond donors (Lipinski definition) is 1. The van der Waals surface area contributed by atoms with Crippen molar-refractivity contribution in [2.45, 2.75) is 32.5 Å². The van der Waals surface area contributed by atoms with E-state index in [4.69, 9.17) is 16.3 Å². The summed E-state index contributed by atoms with van der Waals surface area (Å²) >= 11 is 6.19. The van der Waals surface area contributed by atoms with Crippen LogP contribution in [0.2, 0.25) is 5.02 Å². The van der Waals surface area contributed by atoms with Crippen LogP contribution in [0.5, 0.6) is 0 Å². The summed E-state index contributed by atoms with van der Waals surface area (Å²) in [6.07, 6.45) is 1.16. The Balaban J connectivity index is 2.56. The summed E-state index contributed by atoms with van der Waals surface area (Å²) < 4.78 is 5.28. The van der Waals surface area contributed by atoms with Crippen LogP contribution in [0.1, 0.15) is 19.4 Å². The van der Waals surface area contributed by atoms with E-state index in [0.29, 0.717) is 25.8 Å². The summed E-state index contributed by atoms with van der Waals surface area (Å²) in [5.74, 6) is 0. The van der Waals surface area contributed by atoms with Crippen LogP contribution in [0, 0.1) is 0 Å². The summed E-state index contributed by atoms with van der Waals surface area (Å²) in [6, 6.07) is 8.12. The molecule has 0 spiro atoms. The Morgan fingerprint density at radius 1 is 1.40 bits per heavy atom. The third-order valence-electron chi connectivity index (χ3n) is 3.05. The summed E-state index contributed by atoms with van der Waals surface area (Å²) in [7, 11) is 0. The molecule has 0 heterocycles. The maximum atomic E-state index is 10.0. The van der Waals surface area contributed by atoms with E-state index in [1.54, 1.807) is 6.08 Å². The summed E-state index contributed by atoms with van der Waals surface area (Å²) in [5.41, 5.74) is 1.07. The van der Waals surface area contributed by atoms with Gasteiger partial charge < -0.3 is 9.84 Å². The minimum atomic E-state index is -0.514. The molecule has 1 aromatic carbocycles. The lowest BCUT2D eigenvalue weighted by Crippen LogP contribution is -2.38. The molecule has 0 bridgehead atoms. The Labute approximate surface area is 126 Å². The molecule has 0 saturated heterocycles. The second kappa shape index (κ2) is 9.14. The number of hydrogen-bond acceptors (Lipinski definition) is 3. The first-order chi connectivity index (χ1) is 9.54. The molecule has 0 aliphatic heterocycles. The molecular weight excluding hydrogens is 274 g/mol. The van der Waals surface area contributed by atoms with Crippen molar-refractivity contribution < 1.29 is 9.84 Å². The van der Waals surface area contributed by atoms with Crippen molar-refractivity contribution in [3.8, 4) is 0 Å². The molecule has 0 aliphatic rings. The maximum absolute atomic E-state index is 10.0. The van der Waals surface area contributed by atoms with Crippen LogP contribution in [-0.4, -0.2) is 41.9 Å². The van der Waals surface area contributed by atoms with Gasteiger partial charge in [0.05, 0.1) is 19.3 Å². The molecule has 0 fully saturated rings. The van der Waals surface area contributed by atoms with Gasteiger partial charge in [-0.25, -0.2) is 0 Å². The predicted octanol–water partition coefficient (Wildman–Crippen LogP) is 3.11. The minimum Gasteiger partial charge on any atom is -0.389 e. The average molecular weight is 298 g/mol. The average Bonchev–Trinajstić information content (AvgIpc) is 2.40. The molecule has 0 aromatic heterocycles. The largest absolute Gasteiger partial charge is 0.389 e. The number of rotatable bonds is 9. The van der Waals surface area contributed by atoms with Crippen molar-refractivity contribution in [1.82, 2.24) is 4.90 Å². The van der Waals surface area contributed by atoms with Gasteiger partial charge in [0.25, 0.3) is 0 Å². The van der Waals surface area contributed by atoms with Crippen molar-refractivity contribution in [3.05, 3.63) is 47.5 Å². The lowest BCUT2D eigenvalue weighted by molar-refractivity contribution is 0.0178. The third-order valence-corrected chi connectivity index (χ3v) is 3.42. The quantitative estimate of drug-likeness (QED) is 0.561. The predicted molar refractivity (Wildman–Crippen MR) is 84.0 cm³/mol. The van der Waals surface area contributed by atoms with Crippen LogP contribution in [0.15, 0.2) is 36.9 Å². The van der Waals surface area contributed by atoms with Crippen molar-refractivity contribution >= 4 is 11.6 Å². The molecule has 0 radical (unpaired) electrons. The van der Waals surface area contributed by atoms with Crippen LogP contribution in [0.4, 0.5) is 0 Å². The van der Waals surface area contributed by atoms with Crippen LogP contribution in [0.3, 0.4) is 0 Å². The first-order valence-electron chi connectivity index (χ1n) is 6.88. The molecule has 3 nitrogen and oxygen atoms in total. The lowest BCUT2D eigenvalue weighted by Gasteiger charge is -2.29. The van der Waals surface area contributed by atoms with E-state index in [2.05, 4.69) is 25.3 Å². The fourth-order valence-electron chi connectivity index (χ4n) is 1.91. The van der Waals surface area contributed by atoms with Crippen LogP contribution >= 0.6 is 11.6 Å². The summed E-state index contributed by atoms with van der Waals surface area (Å²) in [5, 5.41) is 10.8. The van der Waals surface area contributed by atoms with Crippen molar-refractivity contribution in [2.75, 3.05) is 19.8 Å².